The monoisotopic (exact) mass is 314 g/mol. The van der Waals surface area contributed by atoms with E-state index in [1.54, 1.807) is 7.11 Å². The highest BCUT2D eigenvalue weighted by Gasteiger charge is 2.37. The van der Waals surface area contributed by atoms with Crippen molar-refractivity contribution in [1.29, 1.82) is 0 Å². The van der Waals surface area contributed by atoms with Crippen molar-refractivity contribution in [1.82, 2.24) is 25.4 Å². The Morgan fingerprint density at radius 3 is 2.68 bits per heavy atom. The standard InChI is InChI=1S/C12H13F3N6O/c1-22-7-4-8(11-16-6-17-20-11)21(5-7)10-3-2-9(18-19-10)12(13,14)15/h2-3,6-8H,4-5H2,1H3,(H,16,17,20)/t7-,8+/m1/s1. The summed E-state index contributed by atoms with van der Waals surface area (Å²) in [5, 5.41) is 13.5. The molecule has 3 heterocycles. The number of H-pyrrole nitrogens is 1. The summed E-state index contributed by atoms with van der Waals surface area (Å²) in [6, 6.07) is 2.02. The summed E-state index contributed by atoms with van der Waals surface area (Å²) in [7, 11) is 1.59. The molecular formula is C12H13F3N6O. The van der Waals surface area contributed by atoms with Crippen LogP contribution in [-0.4, -0.2) is 45.1 Å². The first kappa shape index (κ1) is 14.7. The normalized spacial score (nSPS) is 22.3. The molecule has 0 aromatic carbocycles. The molecule has 2 atom stereocenters. The van der Waals surface area contributed by atoms with Gasteiger partial charge in [-0.15, -0.1) is 10.2 Å². The maximum absolute atomic E-state index is 12.6. The lowest BCUT2D eigenvalue weighted by molar-refractivity contribution is -0.141. The summed E-state index contributed by atoms with van der Waals surface area (Å²) in [4.78, 5) is 5.91. The van der Waals surface area contributed by atoms with Crippen molar-refractivity contribution in [3.63, 3.8) is 0 Å². The van der Waals surface area contributed by atoms with Gasteiger partial charge in [0.1, 0.15) is 12.2 Å². The summed E-state index contributed by atoms with van der Waals surface area (Å²) >= 11 is 0. The SMILES string of the molecule is CO[C@@H]1C[C@@H](c2ncn[nH]2)N(c2ccc(C(F)(F)F)nn2)C1. The Morgan fingerprint density at radius 2 is 2.14 bits per heavy atom. The average molecular weight is 314 g/mol. The number of anilines is 1. The van der Waals surface area contributed by atoms with Gasteiger partial charge in [-0.05, 0) is 12.1 Å². The molecule has 10 heteroatoms. The highest BCUT2D eigenvalue weighted by Crippen LogP contribution is 2.35. The maximum atomic E-state index is 12.6. The predicted molar refractivity (Wildman–Crippen MR) is 68.9 cm³/mol. The Hall–Kier alpha value is -2.23. The van der Waals surface area contributed by atoms with Crippen molar-refractivity contribution < 1.29 is 17.9 Å². The van der Waals surface area contributed by atoms with Crippen LogP contribution in [0.5, 0.6) is 0 Å². The highest BCUT2D eigenvalue weighted by atomic mass is 19.4. The molecule has 118 valence electrons. The third kappa shape index (κ3) is 2.73. The Balaban J connectivity index is 1.88. The Kier molecular flexibility index (Phi) is 3.69. The van der Waals surface area contributed by atoms with Crippen LogP contribution in [0.3, 0.4) is 0 Å². The Bertz CT molecular complexity index is 615. The topological polar surface area (TPSA) is 79.8 Å². The van der Waals surface area contributed by atoms with Gasteiger partial charge in [-0.3, -0.25) is 5.10 Å². The maximum Gasteiger partial charge on any atom is 0.435 e. The lowest BCUT2D eigenvalue weighted by Gasteiger charge is -2.23. The molecule has 1 saturated heterocycles. The molecule has 1 aliphatic rings. The fourth-order valence-electron chi connectivity index (χ4n) is 2.49. The Morgan fingerprint density at radius 1 is 1.32 bits per heavy atom. The second-order valence-electron chi connectivity index (χ2n) is 4.91. The van der Waals surface area contributed by atoms with E-state index in [9.17, 15) is 13.2 Å². The molecule has 1 fully saturated rings. The van der Waals surface area contributed by atoms with E-state index in [1.807, 2.05) is 4.90 Å². The zero-order valence-electron chi connectivity index (χ0n) is 11.6. The predicted octanol–water partition coefficient (Wildman–Crippen LogP) is 1.58. The van der Waals surface area contributed by atoms with Crippen LogP contribution in [-0.2, 0) is 10.9 Å². The molecular weight excluding hydrogens is 301 g/mol. The highest BCUT2D eigenvalue weighted by molar-refractivity contribution is 5.42. The van der Waals surface area contributed by atoms with E-state index >= 15 is 0 Å². The fourth-order valence-corrected chi connectivity index (χ4v) is 2.49. The minimum atomic E-state index is -4.50. The molecule has 0 unspecified atom stereocenters. The van der Waals surface area contributed by atoms with Gasteiger partial charge in [0.15, 0.2) is 11.5 Å². The number of methoxy groups -OCH3 is 1. The first-order valence-electron chi connectivity index (χ1n) is 6.54. The number of ether oxygens (including phenoxy) is 1. The smallest absolute Gasteiger partial charge is 0.380 e. The summed E-state index contributed by atoms with van der Waals surface area (Å²) in [5.41, 5.74) is -1.02. The van der Waals surface area contributed by atoms with Crippen LogP contribution in [0, 0.1) is 0 Å². The van der Waals surface area contributed by atoms with E-state index in [-0.39, 0.29) is 12.1 Å². The van der Waals surface area contributed by atoms with Gasteiger partial charge in [0.25, 0.3) is 0 Å². The number of hydrogen-bond acceptors (Lipinski definition) is 6. The zero-order chi connectivity index (χ0) is 15.7. The van der Waals surface area contributed by atoms with E-state index in [1.165, 1.54) is 12.4 Å². The second kappa shape index (κ2) is 5.52. The van der Waals surface area contributed by atoms with Crippen molar-refractivity contribution in [2.45, 2.75) is 24.7 Å². The van der Waals surface area contributed by atoms with Gasteiger partial charge in [0.05, 0.1) is 12.1 Å². The van der Waals surface area contributed by atoms with Crippen molar-refractivity contribution in [2.24, 2.45) is 0 Å². The number of halogens is 3. The molecule has 0 radical (unpaired) electrons. The molecule has 0 spiro atoms. The minimum absolute atomic E-state index is 0.0702. The van der Waals surface area contributed by atoms with Crippen molar-refractivity contribution >= 4 is 5.82 Å². The van der Waals surface area contributed by atoms with Gasteiger partial charge in [-0.1, -0.05) is 0 Å². The summed E-state index contributed by atoms with van der Waals surface area (Å²) in [5.74, 6) is 0.954. The number of aromatic nitrogens is 5. The van der Waals surface area contributed by atoms with Gasteiger partial charge in [0, 0.05) is 20.1 Å². The molecule has 0 saturated carbocycles. The molecule has 0 aliphatic carbocycles. The zero-order valence-corrected chi connectivity index (χ0v) is 11.6. The molecule has 0 bridgehead atoms. The quantitative estimate of drug-likeness (QED) is 0.926. The molecule has 2 aromatic heterocycles. The summed E-state index contributed by atoms with van der Waals surface area (Å²) in [6.45, 7) is 0.488. The van der Waals surface area contributed by atoms with E-state index in [2.05, 4.69) is 25.4 Å². The van der Waals surface area contributed by atoms with Crippen LogP contribution in [0.25, 0.3) is 0 Å². The molecule has 1 N–H and O–H groups in total. The molecule has 0 amide bonds. The van der Waals surface area contributed by atoms with Crippen LogP contribution in [0.2, 0.25) is 0 Å². The molecule has 1 aliphatic heterocycles. The number of nitrogens with one attached hydrogen (secondary N) is 1. The summed E-state index contributed by atoms with van der Waals surface area (Å²) in [6.07, 6.45) is -2.56. The van der Waals surface area contributed by atoms with Crippen molar-refractivity contribution in [2.75, 3.05) is 18.6 Å². The van der Waals surface area contributed by atoms with Crippen LogP contribution >= 0.6 is 0 Å². The molecule has 7 nitrogen and oxygen atoms in total. The van der Waals surface area contributed by atoms with Crippen LogP contribution in [0.1, 0.15) is 24.0 Å². The average Bonchev–Trinajstić information content (AvgIpc) is 3.15. The van der Waals surface area contributed by atoms with Crippen LogP contribution in [0.4, 0.5) is 19.0 Å². The number of aromatic amines is 1. The van der Waals surface area contributed by atoms with E-state index in [4.69, 9.17) is 4.74 Å². The van der Waals surface area contributed by atoms with Gasteiger partial charge in [0.2, 0.25) is 0 Å². The fraction of sp³-hybridized carbons (Fsp3) is 0.500. The summed E-state index contributed by atoms with van der Waals surface area (Å²) < 4.78 is 43.0. The van der Waals surface area contributed by atoms with Crippen LogP contribution < -0.4 is 4.90 Å². The number of rotatable bonds is 3. The Labute approximate surface area is 123 Å². The first-order valence-corrected chi connectivity index (χ1v) is 6.54. The lowest BCUT2D eigenvalue weighted by Crippen LogP contribution is -2.27. The van der Waals surface area contributed by atoms with E-state index < -0.39 is 11.9 Å². The lowest BCUT2D eigenvalue weighted by atomic mass is 10.2. The van der Waals surface area contributed by atoms with E-state index in [0.29, 0.717) is 24.6 Å². The third-order valence-electron chi connectivity index (χ3n) is 3.58. The number of alkyl halides is 3. The minimum Gasteiger partial charge on any atom is -0.380 e. The van der Waals surface area contributed by atoms with Gasteiger partial charge in [-0.2, -0.15) is 18.3 Å². The van der Waals surface area contributed by atoms with Gasteiger partial charge < -0.3 is 9.64 Å². The van der Waals surface area contributed by atoms with Gasteiger partial charge >= 0.3 is 6.18 Å². The van der Waals surface area contributed by atoms with E-state index in [0.717, 1.165) is 6.07 Å². The number of hydrogen-bond donors (Lipinski definition) is 1. The van der Waals surface area contributed by atoms with Crippen LogP contribution in [0.15, 0.2) is 18.5 Å². The largest absolute Gasteiger partial charge is 0.435 e. The second-order valence-corrected chi connectivity index (χ2v) is 4.91. The van der Waals surface area contributed by atoms with Crippen molar-refractivity contribution in [3.8, 4) is 0 Å². The van der Waals surface area contributed by atoms with Crippen molar-refractivity contribution in [3.05, 3.63) is 30.0 Å². The molecule has 22 heavy (non-hydrogen) atoms. The third-order valence-corrected chi connectivity index (χ3v) is 3.58. The van der Waals surface area contributed by atoms with Gasteiger partial charge in [-0.25, -0.2) is 4.98 Å². The number of nitrogens with zero attached hydrogens (tertiary/aromatic N) is 5. The molecule has 2 aromatic rings. The molecule has 3 rings (SSSR count). The first-order chi connectivity index (χ1) is 10.5.